The van der Waals surface area contributed by atoms with Gasteiger partial charge >= 0.3 is 0 Å². The normalized spacial score (nSPS) is 29.1. The maximum Gasteiger partial charge on any atom is 0.00792 e. The fraction of sp³-hybridized carbons (Fsp3) is 1.00. The highest BCUT2D eigenvalue weighted by Crippen LogP contribution is 2.25. The molecule has 1 aliphatic rings. The van der Waals surface area contributed by atoms with Crippen LogP contribution in [0.4, 0.5) is 0 Å². The standard InChI is InChI=1S/C14H30N2/c1-11(14(2,3)4)9-16-10-12-7-5-6-8-13(12)15/h11-13,16H,5-10,15H2,1-4H3. The third-order valence-electron chi connectivity index (χ3n) is 4.30. The molecule has 1 aliphatic carbocycles. The van der Waals surface area contributed by atoms with Gasteiger partial charge in [0.15, 0.2) is 0 Å². The Morgan fingerprint density at radius 1 is 1.25 bits per heavy atom. The second-order valence-corrected chi connectivity index (χ2v) is 6.63. The van der Waals surface area contributed by atoms with Crippen LogP contribution in [0, 0.1) is 17.3 Å². The van der Waals surface area contributed by atoms with E-state index >= 15 is 0 Å². The highest BCUT2D eigenvalue weighted by Gasteiger charge is 2.23. The van der Waals surface area contributed by atoms with Crippen LogP contribution in [0.25, 0.3) is 0 Å². The summed E-state index contributed by atoms with van der Waals surface area (Å²) in [6.07, 6.45) is 5.24. The van der Waals surface area contributed by atoms with Crippen molar-refractivity contribution >= 4 is 0 Å². The first-order valence-corrected chi connectivity index (χ1v) is 6.87. The van der Waals surface area contributed by atoms with E-state index in [1.165, 1.54) is 25.7 Å². The van der Waals surface area contributed by atoms with E-state index < -0.39 is 0 Å². The monoisotopic (exact) mass is 226 g/mol. The Hall–Kier alpha value is -0.0800. The molecule has 0 amide bonds. The van der Waals surface area contributed by atoms with Crippen LogP contribution >= 0.6 is 0 Å². The minimum atomic E-state index is 0.404. The van der Waals surface area contributed by atoms with Gasteiger partial charge in [-0.1, -0.05) is 40.5 Å². The molecule has 3 unspecified atom stereocenters. The van der Waals surface area contributed by atoms with Gasteiger partial charge in [-0.3, -0.25) is 0 Å². The summed E-state index contributed by atoms with van der Waals surface area (Å²) in [7, 11) is 0. The van der Waals surface area contributed by atoms with E-state index in [9.17, 15) is 0 Å². The van der Waals surface area contributed by atoms with Crippen molar-refractivity contribution in [3.8, 4) is 0 Å². The highest BCUT2D eigenvalue weighted by atomic mass is 14.9. The molecule has 1 saturated carbocycles. The maximum absolute atomic E-state index is 6.14. The van der Waals surface area contributed by atoms with Gasteiger partial charge in [0.1, 0.15) is 0 Å². The Balaban J connectivity index is 2.19. The van der Waals surface area contributed by atoms with E-state index in [4.69, 9.17) is 5.73 Å². The Bertz CT molecular complexity index is 195. The third-order valence-corrected chi connectivity index (χ3v) is 4.30. The molecule has 0 radical (unpaired) electrons. The molecule has 96 valence electrons. The summed E-state index contributed by atoms with van der Waals surface area (Å²) in [6, 6.07) is 0.436. The lowest BCUT2D eigenvalue weighted by molar-refractivity contribution is 0.236. The number of rotatable bonds is 4. The fourth-order valence-electron chi connectivity index (χ4n) is 2.28. The molecule has 2 nitrogen and oxygen atoms in total. The minimum Gasteiger partial charge on any atom is -0.327 e. The molecule has 0 aromatic heterocycles. The van der Waals surface area contributed by atoms with Crippen molar-refractivity contribution in [2.75, 3.05) is 13.1 Å². The van der Waals surface area contributed by atoms with Crippen LogP contribution in [-0.2, 0) is 0 Å². The van der Waals surface area contributed by atoms with E-state index in [0.717, 1.165) is 13.1 Å². The lowest BCUT2D eigenvalue weighted by Crippen LogP contribution is -2.41. The molecule has 1 rings (SSSR count). The lowest BCUT2D eigenvalue weighted by Gasteiger charge is -2.31. The van der Waals surface area contributed by atoms with Gasteiger partial charge in [-0.2, -0.15) is 0 Å². The van der Waals surface area contributed by atoms with Crippen LogP contribution in [0.15, 0.2) is 0 Å². The Morgan fingerprint density at radius 3 is 2.44 bits per heavy atom. The van der Waals surface area contributed by atoms with Gasteiger partial charge in [-0.05, 0) is 43.2 Å². The average Bonchev–Trinajstić information content (AvgIpc) is 2.19. The molecule has 0 aromatic carbocycles. The summed E-state index contributed by atoms with van der Waals surface area (Å²) >= 11 is 0. The zero-order chi connectivity index (χ0) is 12.2. The molecule has 0 bridgehead atoms. The summed E-state index contributed by atoms with van der Waals surface area (Å²) in [6.45, 7) is 11.5. The summed E-state index contributed by atoms with van der Waals surface area (Å²) in [4.78, 5) is 0. The average molecular weight is 226 g/mol. The second kappa shape index (κ2) is 6.02. The van der Waals surface area contributed by atoms with Crippen LogP contribution in [0.1, 0.15) is 53.4 Å². The minimum absolute atomic E-state index is 0.404. The molecule has 0 saturated heterocycles. The molecule has 0 aromatic rings. The van der Waals surface area contributed by atoms with Gasteiger partial charge in [0.25, 0.3) is 0 Å². The van der Waals surface area contributed by atoms with Crippen molar-refractivity contribution in [2.24, 2.45) is 23.0 Å². The van der Waals surface area contributed by atoms with Crippen LogP contribution in [0.5, 0.6) is 0 Å². The zero-order valence-corrected chi connectivity index (χ0v) is 11.6. The predicted octanol–water partition coefficient (Wildman–Crippen LogP) is 2.78. The van der Waals surface area contributed by atoms with Crippen molar-refractivity contribution < 1.29 is 0 Å². The molecule has 0 aliphatic heterocycles. The molecular weight excluding hydrogens is 196 g/mol. The van der Waals surface area contributed by atoms with Crippen molar-refractivity contribution in [3.05, 3.63) is 0 Å². The Kier molecular flexibility index (Phi) is 5.26. The first-order chi connectivity index (χ1) is 7.41. The van der Waals surface area contributed by atoms with Gasteiger partial charge in [0.05, 0.1) is 0 Å². The zero-order valence-electron chi connectivity index (χ0n) is 11.6. The first kappa shape index (κ1) is 14.0. The van der Waals surface area contributed by atoms with Crippen LogP contribution in [0.3, 0.4) is 0 Å². The van der Waals surface area contributed by atoms with Gasteiger partial charge in [0.2, 0.25) is 0 Å². The van der Waals surface area contributed by atoms with Crippen molar-refractivity contribution in [3.63, 3.8) is 0 Å². The van der Waals surface area contributed by atoms with Gasteiger partial charge in [-0.25, -0.2) is 0 Å². The summed E-state index contributed by atoms with van der Waals surface area (Å²) in [5.41, 5.74) is 6.55. The largest absolute Gasteiger partial charge is 0.327 e. The van der Waals surface area contributed by atoms with E-state index in [-0.39, 0.29) is 0 Å². The van der Waals surface area contributed by atoms with Crippen molar-refractivity contribution in [1.82, 2.24) is 5.32 Å². The number of nitrogens with two attached hydrogens (primary N) is 1. The summed E-state index contributed by atoms with van der Waals surface area (Å²) in [5.74, 6) is 1.42. The van der Waals surface area contributed by atoms with Gasteiger partial charge in [0, 0.05) is 6.04 Å². The number of hydrogen-bond donors (Lipinski definition) is 2. The molecule has 3 N–H and O–H groups in total. The van der Waals surface area contributed by atoms with E-state index in [0.29, 0.717) is 23.3 Å². The molecule has 0 heterocycles. The predicted molar refractivity (Wildman–Crippen MR) is 71.4 cm³/mol. The summed E-state index contributed by atoms with van der Waals surface area (Å²) < 4.78 is 0. The first-order valence-electron chi connectivity index (χ1n) is 6.87. The quantitative estimate of drug-likeness (QED) is 0.773. The second-order valence-electron chi connectivity index (χ2n) is 6.63. The maximum atomic E-state index is 6.14. The van der Waals surface area contributed by atoms with E-state index in [2.05, 4.69) is 33.0 Å². The highest BCUT2D eigenvalue weighted by molar-refractivity contribution is 4.80. The summed E-state index contributed by atoms with van der Waals surface area (Å²) in [5, 5.41) is 3.61. The van der Waals surface area contributed by atoms with Crippen LogP contribution in [-0.4, -0.2) is 19.1 Å². The number of hydrogen-bond acceptors (Lipinski definition) is 2. The van der Waals surface area contributed by atoms with Crippen molar-refractivity contribution in [2.45, 2.75) is 59.4 Å². The molecule has 2 heteroatoms. The van der Waals surface area contributed by atoms with E-state index in [1.807, 2.05) is 0 Å². The molecular formula is C14H30N2. The molecule has 16 heavy (non-hydrogen) atoms. The third kappa shape index (κ3) is 4.42. The lowest BCUT2D eigenvalue weighted by atomic mass is 9.81. The fourth-order valence-corrected chi connectivity index (χ4v) is 2.28. The van der Waals surface area contributed by atoms with Crippen LogP contribution in [0.2, 0.25) is 0 Å². The molecule has 3 atom stereocenters. The molecule has 0 spiro atoms. The van der Waals surface area contributed by atoms with Gasteiger partial charge in [-0.15, -0.1) is 0 Å². The SMILES string of the molecule is CC(CNCC1CCCCC1N)C(C)(C)C. The van der Waals surface area contributed by atoms with Crippen molar-refractivity contribution in [1.29, 1.82) is 0 Å². The molecule has 1 fully saturated rings. The Morgan fingerprint density at radius 2 is 1.88 bits per heavy atom. The van der Waals surface area contributed by atoms with Crippen LogP contribution < -0.4 is 11.1 Å². The topological polar surface area (TPSA) is 38.0 Å². The Labute approximate surface area is 101 Å². The number of nitrogens with one attached hydrogen (secondary N) is 1. The van der Waals surface area contributed by atoms with Gasteiger partial charge < -0.3 is 11.1 Å². The smallest absolute Gasteiger partial charge is 0.00792 e. The van der Waals surface area contributed by atoms with E-state index in [1.54, 1.807) is 0 Å².